The van der Waals surface area contributed by atoms with Crippen molar-refractivity contribution in [2.45, 2.75) is 13.8 Å². The molecule has 0 saturated carbocycles. The Labute approximate surface area is 162 Å². The number of carbonyl (C=O) groups is 2. The van der Waals surface area contributed by atoms with E-state index >= 15 is 0 Å². The van der Waals surface area contributed by atoms with Crippen molar-refractivity contribution >= 4 is 28.9 Å². The van der Waals surface area contributed by atoms with Crippen molar-refractivity contribution in [2.75, 3.05) is 13.2 Å². The van der Waals surface area contributed by atoms with Gasteiger partial charge in [-0.1, -0.05) is 30.3 Å². The number of nitrogens with one attached hydrogen (secondary N) is 3. The Kier molecular flexibility index (Phi) is 6.06. The highest BCUT2D eigenvalue weighted by Gasteiger charge is 2.07. The van der Waals surface area contributed by atoms with E-state index in [1.165, 1.54) is 0 Å². The number of amides is 2. The topological polar surface area (TPSA) is 95.6 Å². The summed E-state index contributed by atoms with van der Waals surface area (Å²) >= 11 is 0. The van der Waals surface area contributed by atoms with Crippen molar-refractivity contribution in [1.82, 2.24) is 15.7 Å². The Hall–Kier alpha value is -3.61. The van der Waals surface area contributed by atoms with Gasteiger partial charge < -0.3 is 15.0 Å². The Morgan fingerprint density at radius 3 is 2.75 bits per heavy atom. The summed E-state index contributed by atoms with van der Waals surface area (Å²) in [5.41, 5.74) is 6.33. The van der Waals surface area contributed by atoms with Crippen LogP contribution >= 0.6 is 0 Å². The average Bonchev–Trinajstić information content (AvgIpc) is 3.00. The summed E-state index contributed by atoms with van der Waals surface area (Å²) in [5.74, 6) is -0.191. The number of hydrazone groups is 1. The number of hydrogen-bond acceptors (Lipinski definition) is 4. The van der Waals surface area contributed by atoms with E-state index in [4.69, 9.17) is 4.74 Å². The average molecular weight is 378 g/mol. The molecule has 2 aromatic carbocycles. The molecular formula is C21H22N4O3. The highest BCUT2D eigenvalue weighted by atomic mass is 16.5. The van der Waals surface area contributed by atoms with Crippen LogP contribution in [-0.4, -0.2) is 36.2 Å². The molecule has 1 aromatic heterocycles. The molecule has 144 valence electrons. The molecule has 0 aliphatic heterocycles. The van der Waals surface area contributed by atoms with E-state index in [1.807, 2.05) is 56.3 Å². The van der Waals surface area contributed by atoms with Gasteiger partial charge in [0.2, 0.25) is 0 Å². The Balaban J connectivity index is 1.44. The van der Waals surface area contributed by atoms with Gasteiger partial charge in [0.05, 0.1) is 12.8 Å². The van der Waals surface area contributed by atoms with Crippen molar-refractivity contribution < 1.29 is 14.3 Å². The largest absolute Gasteiger partial charge is 0.484 e. The number of carbonyl (C=O) groups excluding carboxylic acids is 2. The van der Waals surface area contributed by atoms with E-state index in [-0.39, 0.29) is 19.1 Å². The number of para-hydroxylation sites is 1. The summed E-state index contributed by atoms with van der Waals surface area (Å²) in [6.45, 7) is 3.54. The van der Waals surface area contributed by atoms with Crippen LogP contribution < -0.4 is 15.5 Å². The molecule has 28 heavy (non-hydrogen) atoms. The van der Waals surface area contributed by atoms with Crippen molar-refractivity contribution in [3.8, 4) is 5.75 Å². The molecule has 0 unspecified atom stereocenters. The number of ether oxygens (including phenoxy) is 1. The van der Waals surface area contributed by atoms with Crippen LogP contribution in [0.25, 0.3) is 10.9 Å². The number of aromatic nitrogens is 1. The van der Waals surface area contributed by atoms with Crippen LogP contribution in [0.2, 0.25) is 0 Å². The van der Waals surface area contributed by atoms with Gasteiger partial charge in [-0.3, -0.25) is 9.59 Å². The van der Waals surface area contributed by atoms with Gasteiger partial charge in [-0.25, -0.2) is 5.43 Å². The number of H-pyrrole nitrogens is 1. The number of hydrogen-bond donors (Lipinski definition) is 3. The maximum absolute atomic E-state index is 11.9. The van der Waals surface area contributed by atoms with Crippen LogP contribution in [0, 0.1) is 13.8 Å². The van der Waals surface area contributed by atoms with Gasteiger partial charge in [-0.05, 0) is 37.6 Å². The lowest BCUT2D eigenvalue weighted by Gasteiger charge is -2.07. The molecule has 0 radical (unpaired) electrons. The normalized spacial score (nSPS) is 10.9. The molecule has 2 amide bonds. The number of nitrogens with zero attached hydrogens (tertiary/aromatic N) is 1. The van der Waals surface area contributed by atoms with E-state index in [0.29, 0.717) is 5.75 Å². The van der Waals surface area contributed by atoms with Gasteiger partial charge in [0.25, 0.3) is 11.8 Å². The molecule has 1 heterocycles. The molecule has 0 saturated heterocycles. The van der Waals surface area contributed by atoms with E-state index in [2.05, 4.69) is 20.8 Å². The first kappa shape index (κ1) is 19.2. The van der Waals surface area contributed by atoms with Crippen LogP contribution in [0.15, 0.2) is 53.6 Å². The molecule has 7 heteroatoms. The van der Waals surface area contributed by atoms with Crippen LogP contribution in [0.5, 0.6) is 5.75 Å². The van der Waals surface area contributed by atoms with Crippen molar-refractivity contribution in [1.29, 1.82) is 0 Å². The monoisotopic (exact) mass is 378 g/mol. The second-order valence-corrected chi connectivity index (χ2v) is 6.38. The minimum atomic E-state index is -0.419. The fraction of sp³-hybridized carbons (Fsp3) is 0.190. The Morgan fingerprint density at radius 1 is 1.11 bits per heavy atom. The molecule has 3 N–H and O–H groups in total. The van der Waals surface area contributed by atoms with Gasteiger partial charge in [0.1, 0.15) is 5.75 Å². The molecule has 0 fully saturated rings. The SMILES string of the molecule is Cc1cccc(OCC(=O)NCC(=O)NN=Cc2c(C)[nH]c3ccccc23)c1. The molecule has 3 rings (SSSR count). The third-order valence-electron chi connectivity index (χ3n) is 4.13. The summed E-state index contributed by atoms with van der Waals surface area (Å²) in [5, 5.41) is 7.50. The zero-order valence-corrected chi connectivity index (χ0v) is 15.8. The van der Waals surface area contributed by atoms with Gasteiger partial charge in [0.15, 0.2) is 6.61 Å². The summed E-state index contributed by atoms with van der Waals surface area (Å²) in [6.07, 6.45) is 1.59. The highest BCUT2D eigenvalue weighted by molar-refractivity contribution is 6.00. The fourth-order valence-electron chi connectivity index (χ4n) is 2.76. The van der Waals surface area contributed by atoms with Crippen molar-refractivity contribution in [2.24, 2.45) is 5.10 Å². The number of rotatable bonds is 7. The van der Waals surface area contributed by atoms with Crippen LogP contribution in [0.1, 0.15) is 16.8 Å². The second-order valence-electron chi connectivity index (χ2n) is 6.38. The van der Waals surface area contributed by atoms with E-state index in [9.17, 15) is 9.59 Å². The Bertz CT molecular complexity index is 1020. The molecule has 0 aliphatic rings. The zero-order chi connectivity index (χ0) is 19.9. The van der Waals surface area contributed by atoms with Crippen LogP contribution in [-0.2, 0) is 9.59 Å². The van der Waals surface area contributed by atoms with Crippen LogP contribution in [0.3, 0.4) is 0 Å². The predicted octanol–water partition coefficient (Wildman–Crippen LogP) is 2.43. The molecule has 0 atom stereocenters. The van der Waals surface area contributed by atoms with Gasteiger partial charge in [0, 0.05) is 22.2 Å². The summed E-state index contributed by atoms with van der Waals surface area (Å²) < 4.78 is 5.39. The van der Waals surface area contributed by atoms with E-state index < -0.39 is 5.91 Å². The number of fused-ring (bicyclic) bond motifs is 1. The molecule has 0 bridgehead atoms. The van der Waals surface area contributed by atoms with Crippen molar-refractivity contribution in [3.63, 3.8) is 0 Å². The third kappa shape index (κ3) is 4.97. The summed E-state index contributed by atoms with van der Waals surface area (Å²) in [6, 6.07) is 15.3. The molecule has 0 aliphatic carbocycles. The maximum Gasteiger partial charge on any atom is 0.259 e. The van der Waals surface area contributed by atoms with E-state index in [0.717, 1.165) is 27.7 Å². The van der Waals surface area contributed by atoms with E-state index in [1.54, 1.807) is 12.3 Å². The first-order valence-corrected chi connectivity index (χ1v) is 8.88. The summed E-state index contributed by atoms with van der Waals surface area (Å²) in [7, 11) is 0. The lowest BCUT2D eigenvalue weighted by atomic mass is 10.1. The third-order valence-corrected chi connectivity index (χ3v) is 4.13. The Morgan fingerprint density at radius 2 is 1.93 bits per heavy atom. The first-order valence-electron chi connectivity index (χ1n) is 8.88. The second kappa shape index (κ2) is 8.85. The molecular weight excluding hydrogens is 356 g/mol. The number of benzene rings is 2. The zero-order valence-electron chi connectivity index (χ0n) is 15.8. The molecule has 0 spiro atoms. The van der Waals surface area contributed by atoms with Crippen molar-refractivity contribution in [3.05, 3.63) is 65.4 Å². The standard InChI is InChI=1S/C21H22N4O3/c1-14-6-5-7-16(10-14)28-13-21(27)22-12-20(26)25-23-11-18-15(2)24-19-9-4-3-8-17(18)19/h3-11,24H,12-13H2,1-2H3,(H,22,27)(H,25,26). The smallest absolute Gasteiger partial charge is 0.259 e. The fourth-order valence-corrected chi connectivity index (χ4v) is 2.76. The predicted molar refractivity (Wildman–Crippen MR) is 108 cm³/mol. The minimum Gasteiger partial charge on any atom is -0.484 e. The quantitative estimate of drug-likeness (QED) is 0.435. The van der Waals surface area contributed by atoms with Gasteiger partial charge >= 0.3 is 0 Å². The summed E-state index contributed by atoms with van der Waals surface area (Å²) in [4.78, 5) is 26.9. The number of aromatic amines is 1. The lowest BCUT2D eigenvalue weighted by Crippen LogP contribution is -2.37. The highest BCUT2D eigenvalue weighted by Crippen LogP contribution is 2.19. The van der Waals surface area contributed by atoms with Gasteiger partial charge in [-0.2, -0.15) is 5.10 Å². The van der Waals surface area contributed by atoms with Crippen LogP contribution in [0.4, 0.5) is 0 Å². The molecule has 3 aromatic rings. The number of aryl methyl sites for hydroxylation is 2. The maximum atomic E-state index is 11.9. The first-order chi connectivity index (χ1) is 13.5. The van der Waals surface area contributed by atoms with Gasteiger partial charge in [-0.15, -0.1) is 0 Å². The lowest BCUT2D eigenvalue weighted by molar-refractivity contribution is -0.127. The molecule has 7 nitrogen and oxygen atoms in total. The minimum absolute atomic E-state index is 0.158.